The maximum Gasteiger partial charge on any atom is 0.316 e. The van der Waals surface area contributed by atoms with Crippen molar-refractivity contribution in [3.05, 3.63) is 35.9 Å². The molecule has 0 N–H and O–H groups in total. The minimum absolute atomic E-state index is 0.107. The first kappa shape index (κ1) is 14.7. The van der Waals surface area contributed by atoms with Crippen LogP contribution in [0.3, 0.4) is 0 Å². The zero-order chi connectivity index (χ0) is 13.6. The summed E-state index contributed by atoms with van der Waals surface area (Å²) < 4.78 is 5.37. The van der Waals surface area contributed by atoms with Gasteiger partial charge >= 0.3 is 5.97 Å². The summed E-state index contributed by atoms with van der Waals surface area (Å²) in [6, 6.07) is 9.93. The van der Waals surface area contributed by atoms with Gasteiger partial charge < -0.3 is 4.74 Å². The van der Waals surface area contributed by atoms with Gasteiger partial charge in [0.25, 0.3) is 0 Å². The van der Waals surface area contributed by atoms with Crippen LogP contribution in [0.25, 0.3) is 0 Å². The summed E-state index contributed by atoms with van der Waals surface area (Å²) in [6.45, 7) is 8.76. The van der Waals surface area contributed by atoms with Gasteiger partial charge in [-0.05, 0) is 31.2 Å². The molecule has 1 rings (SSSR count). The predicted octanol–water partition coefficient (Wildman–Crippen LogP) is 3.94. The Morgan fingerprint density at radius 1 is 1.28 bits per heavy atom. The summed E-state index contributed by atoms with van der Waals surface area (Å²) in [6.07, 6.45) is 1.66. The van der Waals surface area contributed by atoms with E-state index in [9.17, 15) is 4.79 Å². The lowest BCUT2D eigenvalue weighted by atomic mass is 9.76. The standard InChI is InChI=1S/C16H24O2/c1-5-11-18-15(17)16(4,12-13(2)3)14-9-7-6-8-10-14/h6-10,13H,5,11-12H2,1-4H3. The van der Waals surface area contributed by atoms with Crippen LogP contribution in [0.15, 0.2) is 30.3 Å². The second kappa shape index (κ2) is 6.58. The van der Waals surface area contributed by atoms with Gasteiger partial charge in [0.1, 0.15) is 0 Å². The average Bonchev–Trinajstić information content (AvgIpc) is 2.36. The molecule has 0 saturated carbocycles. The van der Waals surface area contributed by atoms with E-state index in [2.05, 4.69) is 13.8 Å². The van der Waals surface area contributed by atoms with Crippen LogP contribution in [0.1, 0.15) is 46.1 Å². The van der Waals surface area contributed by atoms with Gasteiger partial charge in [-0.15, -0.1) is 0 Å². The third-order valence-electron chi connectivity index (χ3n) is 3.12. The SMILES string of the molecule is CCCOC(=O)C(C)(CC(C)C)c1ccccc1. The smallest absolute Gasteiger partial charge is 0.316 e. The molecule has 0 amide bonds. The molecule has 0 saturated heterocycles. The third-order valence-corrected chi connectivity index (χ3v) is 3.12. The molecule has 0 bridgehead atoms. The van der Waals surface area contributed by atoms with Gasteiger partial charge in [0.15, 0.2) is 0 Å². The second-order valence-corrected chi connectivity index (χ2v) is 5.43. The lowest BCUT2D eigenvalue weighted by molar-refractivity contribution is -0.150. The number of hydrogen-bond donors (Lipinski definition) is 0. The molecule has 2 heteroatoms. The first-order chi connectivity index (χ1) is 8.50. The van der Waals surface area contributed by atoms with Gasteiger partial charge in [0.05, 0.1) is 12.0 Å². The second-order valence-electron chi connectivity index (χ2n) is 5.43. The van der Waals surface area contributed by atoms with Gasteiger partial charge in [-0.1, -0.05) is 51.1 Å². The van der Waals surface area contributed by atoms with Crippen molar-refractivity contribution >= 4 is 5.97 Å². The third kappa shape index (κ3) is 3.59. The van der Waals surface area contributed by atoms with Crippen molar-refractivity contribution < 1.29 is 9.53 Å². The first-order valence-electron chi connectivity index (χ1n) is 6.73. The van der Waals surface area contributed by atoms with Crippen molar-refractivity contribution in [2.45, 2.75) is 46.0 Å². The number of esters is 1. The number of carbonyl (C=O) groups is 1. The van der Waals surface area contributed by atoms with E-state index in [-0.39, 0.29) is 5.97 Å². The molecular formula is C16H24O2. The normalized spacial score (nSPS) is 14.3. The van der Waals surface area contributed by atoms with Gasteiger partial charge in [0.2, 0.25) is 0 Å². The van der Waals surface area contributed by atoms with Crippen LogP contribution in [-0.4, -0.2) is 12.6 Å². The molecule has 0 spiro atoms. The molecule has 2 nitrogen and oxygen atoms in total. The fraction of sp³-hybridized carbons (Fsp3) is 0.562. The Morgan fingerprint density at radius 2 is 1.89 bits per heavy atom. The summed E-state index contributed by atoms with van der Waals surface area (Å²) in [5.41, 5.74) is 0.504. The molecule has 0 aliphatic heterocycles. The molecule has 0 radical (unpaired) electrons. The first-order valence-corrected chi connectivity index (χ1v) is 6.73. The van der Waals surface area contributed by atoms with Crippen LogP contribution in [0.2, 0.25) is 0 Å². The van der Waals surface area contributed by atoms with Crippen LogP contribution in [0.4, 0.5) is 0 Å². The van der Waals surface area contributed by atoms with E-state index in [1.165, 1.54) is 0 Å². The Morgan fingerprint density at radius 3 is 2.39 bits per heavy atom. The van der Waals surface area contributed by atoms with E-state index in [1.54, 1.807) is 0 Å². The summed E-state index contributed by atoms with van der Waals surface area (Å²) in [7, 11) is 0. The van der Waals surface area contributed by atoms with Crippen LogP contribution >= 0.6 is 0 Å². The Hall–Kier alpha value is -1.31. The molecule has 1 atom stereocenters. The van der Waals surface area contributed by atoms with Crippen molar-refractivity contribution in [3.8, 4) is 0 Å². The largest absolute Gasteiger partial charge is 0.465 e. The molecule has 100 valence electrons. The topological polar surface area (TPSA) is 26.3 Å². The molecule has 0 aliphatic rings. The Balaban J connectivity index is 2.99. The highest BCUT2D eigenvalue weighted by molar-refractivity contribution is 5.82. The van der Waals surface area contributed by atoms with E-state index in [0.29, 0.717) is 12.5 Å². The number of hydrogen-bond acceptors (Lipinski definition) is 2. The molecular weight excluding hydrogens is 224 g/mol. The number of carbonyl (C=O) groups excluding carboxylic acids is 1. The van der Waals surface area contributed by atoms with Crippen LogP contribution in [0, 0.1) is 5.92 Å². The highest BCUT2D eigenvalue weighted by Gasteiger charge is 2.37. The molecule has 1 aromatic carbocycles. The van der Waals surface area contributed by atoms with Crippen molar-refractivity contribution in [2.75, 3.05) is 6.61 Å². The Labute approximate surface area is 110 Å². The molecule has 0 heterocycles. The van der Waals surface area contributed by atoms with E-state index in [1.807, 2.05) is 44.2 Å². The lowest BCUT2D eigenvalue weighted by Crippen LogP contribution is -2.36. The quantitative estimate of drug-likeness (QED) is 0.713. The number of benzene rings is 1. The summed E-state index contributed by atoms with van der Waals surface area (Å²) in [5, 5.41) is 0. The molecule has 0 aromatic heterocycles. The van der Waals surface area contributed by atoms with Gasteiger partial charge in [-0.2, -0.15) is 0 Å². The van der Waals surface area contributed by atoms with Crippen molar-refractivity contribution in [1.29, 1.82) is 0 Å². The zero-order valence-electron chi connectivity index (χ0n) is 11.9. The van der Waals surface area contributed by atoms with Gasteiger partial charge in [0, 0.05) is 0 Å². The summed E-state index contributed by atoms with van der Waals surface area (Å²) in [5.74, 6) is 0.341. The average molecular weight is 248 g/mol. The molecule has 1 unspecified atom stereocenters. The van der Waals surface area contributed by atoms with Gasteiger partial charge in [-0.3, -0.25) is 4.79 Å². The Kier molecular flexibility index (Phi) is 5.39. The van der Waals surface area contributed by atoms with E-state index in [4.69, 9.17) is 4.74 Å². The maximum absolute atomic E-state index is 12.3. The van der Waals surface area contributed by atoms with E-state index in [0.717, 1.165) is 18.4 Å². The zero-order valence-corrected chi connectivity index (χ0v) is 11.9. The minimum atomic E-state index is -0.537. The van der Waals surface area contributed by atoms with E-state index < -0.39 is 5.41 Å². The predicted molar refractivity (Wildman–Crippen MR) is 74.5 cm³/mol. The minimum Gasteiger partial charge on any atom is -0.465 e. The van der Waals surface area contributed by atoms with Crippen molar-refractivity contribution in [1.82, 2.24) is 0 Å². The highest BCUT2D eigenvalue weighted by Crippen LogP contribution is 2.32. The molecule has 0 fully saturated rings. The Bertz CT molecular complexity index is 370. The van der Waals surface area contributed by atoms with Crippen LogP contribution in [-0.2, 0) is 14.9 Å². The molecule has 0 aliphatic carbocycles. The number of rotatable bonds is 6. The van der Waals surface area contributed by atoms with E-state index >= 15 is 0 Å². The molecule has 18 heavy (non-hydrogen) atoms. The van der Waals surface area contributed by atoms with Crippen LogP contribution < -0.4 is 0 Å². The van der Waals surface area contributed by atoms with Crippen molar-refractivity contribution in [3.63, 3.8) is 0 Å². The van der Waals surface area contributed by atoms with Gasteiger partial charge in [-0.25, -0.2) is 0 Å². The lowest BCUT2D eigenvalue weighted by Gasteiger charge is -2.29. The number of ether oxygens (including phenoxy) is 1. The molecule has 1 aromatic rings. The van der Waals surface area contributed by atoms with Crippen molar-refractivity contribution in [2.24, 2.45) is 5.92 Å². The van der Waals surface area contributed by atoms with Crippen LogP contribution in [0.5, 0.6) is 0 Å². The monoisotopic (exact) mass is 248 g/mol. The fourth-order valence-electron chi connectivity index (χ4n) is 2.30. The fourth-order valence-corrected chi connectivity index (χ4v) is 2.30. The highest BCUT2D eigenvalue weighted by atomic mass is 16.5. The summed E-state index contributed by atoms with van der Waals surface area (Å²) in [4.78, 5) is 12.3. The maximum atomic E-state index is 12.3. The summed E-state index contributed by atoms with van der Waals surface area (Å²) >= 11 is 0.